The number of thioether (sulfide) groups is 1. The third-order valence-electron chi connectivity index (χ3n) is 7.05. The van der Waals surface area contributed by atoms with Crippen LogP contribution in [0.4, 0.5) is 11.4 Å². The molecule has 0 spiro atoms. The second kappa shape index (κ2) is 11.3. The van der Waals surface area contributed by atoms with Crippen molar-refractivity contribution in [3.63, 3.8) is 0 Å². The van der Waals surface area contributed by atoms with E-state index in [1.165, 1.54) is 22.3 Å². The van der Waals surface area contributed by atoms with E-state index in [4.69, 9.17) is 4.74 Å². The van der Waals surface area contributed by atoms with Crippen molar-refractivity contribution in [3.8, 4) is 11.5 Å². The van der Waals surface area contributed by atoms with E-state index in [0.29, 0.717) is 35.1 Å². The third-order valence-corrected chi connectivity index (χ3v) is 8.13. The number of carbonyl (C=O) groups excluding carboxylic acids is 2. The predicted octanol–water partition coefficient (Wildman–Crippen LogP) is 6.49. The van der Waals surface area contributed by atoms with E-state index in [2.05, 4.69) is 21.9 Å². The lowest BCUT2D eigenvalue weighted by Gasteiger charge is -2.37. The second-order valence-electron chi connectivity index (χ2n) is 9.76. The summed E-state index contributed by atoms with van der Waals surface area (Å²) in [7, 11) is 0. The van der Waals surface area contributed by atoms with Crippen molar-refractivity contribution in [2.75, 3.05) is 36.0 Å². The number of anilines is 2. The van der Waals surface area contributed by atoms with Crippen LogP contribution in [0.3, 0.4) is 0 Å². The van der Waals surface area contributed by atoms with Crippen molar-refractivity contribution in [3.05, 3.63) is 125 Å². The van der Waals surface area contributed by atoms with Crippen molar-refractivity contribution in [2.24, 2.45) is 0 Å². The number of aryl methyl sites for hydroxylation is 1. The lowest BCUT2D eigenvalue weighted by molar-refractivity contribution is -0.121. The van der Waals surface area contributed by atoms with Crippen LogP contribution in [0, 0.1) is 6.92 Å². The van der Waals surface area contributed by atoms with Gasteiger partial charge in [-0.25, -0.2) is 4.90 Å². The average molecular weight is 548 g/mol. The molecule has 0 N–H and O–H groups in total. The van der Waals surface area contributed by atoms with Gasteiger partial charge in [-0.05, 0) is 67.6 Å². The third kappa shape index (κ3) is 5.33. The number of carbonyl (C=O) groups is 2. The first-order chi connectivity index (χ1) is 19.6. The molecule has 2 heterocycles. The van der Waals surface area contributed by atoms with Gasteiger partial charge in [0.2, 0.25) is 0 Å². The van der Waals surface area contributed by atoms with Crippen LogP contribution in [0.15, 0.2) is 125 Å². The Labute approximate surface area is 238 Å². The highest BCUT2D eigenvalue weighted by Gasteiger charge is 2.43. The molecule has 200 valence electrons. The summed E-state index contributed by atoms with van der Waals surface area (Å²) in [6.07, 6.45) is 0. The zero-order chi connectivity index (χ0) is 27.5. The Morgan fingerprint density at radius 2 is 1.18 bits per heavy atom. The molecule has 2 aliphatic heterocycles. The number of ether oxygens (including phenoxy) is 1. The molecule has 2 aliphatic rings. The highest BCUT2D eigenvalue weighted by Crippen LogP contribution is 2.39. The zero-order valence-corrected chi connectivity index (χ0v) is 23.0. The fourth-order valence-corrected chi connectivity index (χ4v) is 5.94. The highest BCUT2D eigenvalue weighted by molar-refractivity contribution is 8.04. The molecule has 1 saturated heterocycles. The summed E-state index contributed by atoms with van der Waals surface area (Å²) < 4.78 is 5.91. The van der Waals surface area contributed by atoms with Crippen molar-refractivity contribution in [1.82, 2.24) is 4.90 Å². The summed E-state index contributed by atoms with van der Waals surface area (Å²) >= 11 is 1.36. The van der Waals surface area contributed by atoms with Gasteiger partial charge in [-0.15, -0.1) is 0 Å². The summed E-state index contributed by atoms with van der Waals surface area (Å²) in [5.74, 6) is 0.768. The largest absolute Gasteiger partial charge is 0.457 e. The highest BCUT2D eigenvalue weighted by atomic mass is 32.2. The monoisotopic (exact) mass is 547 g/mol. The van der Waals surface area contributed by atoms with Crippen LogP contribution in [-0.4, -0.2) is 42.9 Å². The van der Waals surface area contributed by atoms with Gasteiger partial charge in [-0.2, -0.15) is 0 Å². The van der Waals surface area contributed by atoms with Crippen LogP contribution in [0.1, 0.15) is 5.56 Å². The molecule has 0 atom stereocenters. The summed E-state index contributed by atoms with van der Waals surface area (Å²) in [5, 5.41) is 0. The first-order valence-corrected chi connectivity index (χ1v) is 14.1. The topological polar surface area (TPSA) is 53.1 Å². The Morgan fingerprint density at radius 1 is 0.600 bits per heavy atom. The summed E-state index contributed by atoms with van der Waals surface area (Å²) in [6.45, 7) is 4.87. The Morgan fingerprint density at radius 3 is 1.82 bits per heavy atom. The van der Waals surface area contributed by atoms with E-state index in [-0.39, 0.29) is 11.8 Å². The van der Waals surface area contributed by atoms with Gasteiger partial charge >= 0.3 is 0 Å². The van der Waals surface area contributed by atoms with Crippen molar-refractivity contribution >= 4 is 35.0 Å². The SMILES string of the molecule is Cc1ccc(SC2=C(N3CCN(c4ccccc4)CC3)C(=O)N(c3ccc(Oc4ccccc4)cc3)C2=O)cc1. The molecule has 0 saturated carbocycles. The Kier molecular flexibility index (Phi) is 7.29. The van der Waals surface area contributed by atoms with Gasteiger partial charge in [0.1, 0.15) is 22.1 Å². The number of hydrogen-bond donors (Lipinski definition) is 0. The fourth-order valence-electron chi connectivity index (χ4n) is 4.94. The average Bonchev–Trinajstić information content (AvgIpc) is 3.24. The first kappa shape index (κ1) is 25.8. The molecular weight excluding hydrogens is 518 g/mol. The number of benzene rings is 4. The smallest absolute Gasteiger partial charge is 0.283 e. The predicted molar refractivity (Wildman–Crippen MR) is 160 cm³/mol. The van der Waals surface area contributed by atoms with E-state index in [0.717, 1.165) is 29.3 Å². The maximum Gasteiger partial charge on any atom is 0.283 e. The quantitative estimate of drug-likeness (QED) is 0.247. The van der Waals surface area contributed by atoms with Gasteiger partial charge in [0, 0.05) is 36.8 Å². The molecule has 7 heteroatoms. The standard InChI is InChI=1S/C33H29N3O3S/c1-24-12-18-29(19-13-24)40-31-30(35-22-20-34(21-23-35)25-8-4-2-5-9-25)32(37)36(33(31)38)26-14-16-28(17-15-26)39-27-10-6-3-7-11-27/h2-19H,20-23H2,1H3. The van der Waals surface area contributed by atoms with Gasteiger partial charge in [-0.3, -0.25) is 9.59 Å². The minimum absolute atomic E-state index is 0.287. The molecule has 6 rings (SSSR count). The number of rotatable bonds is 7. The van der Waals surface area contributed by atoms with Crippen LogP contribution in [-0.2, 0) is 9.59 Å². The number of amides is 2. The molecule has 0 aromatic heterocycles. The van der Waals surface area contributed by atoms with Crippen molar-refractivity contribution in [2.45, 2.75) is 11.8 Å². The van der Waals surface area contributed by atoms with E-state index in [1.54, 1.807) is 24.3 Å². The molecule has 0 radical (unpaired) electrons. The maximum absolute atomic E-state index is 13.9. The van der Waals surface area contributed by atoms with Crippen LogP contribution in [0.25, 0.3) is 0 Å². The normalized spacial score (nSPS) is 15.7. The van der Waals surface area contributed by atoms with Gasteiger partial charge in [0.05, 0.1) is 5.69 Å². The lowest BCUT2D eigenvalue weighted by atomic mass is 10.2. The minimum Gasteiger partial charge on any atom is -0.457 e. The summed E-state index contributed by atoms with van der Waals surface area (Å²) in [5.41, 5.74) is 3.31. The van der Waals surface area contributed by atoms with Gasteiger partial charge in [-0.1, -0.05) is 65.9 Å². The molecule has 0 aliphatic carbocycles. The lowest BCUT2D eigenvalue weighted by Crippen LogP contribution is -2.47. The molecule has 4 aromatic rings. The van der Waals surface area contributed by atoms with Crippen molar-refractivity contribution in [1.29, 1.82) is 0 Å². The Hall–Kier alpha value is -4.49. The molecule has 2 amide bonds. The van der Waals surface area contributed by atoms with Gasteiger partial charge < -0.3 is 14.5 Å². The number of piperazine rings is 1. The molecule has 0 bridgehead atoms. The van der Waals surface area contributed by atoms with E-state index >= 15 is 0 Å². The molecular formula is C33H29N3O3S. The van der Waals surface area contributed by atoms with E-state index in [9.17, 15) is 9.59 Å². The summed E-state index contributed by atoms with van der Waals surface area (Å²) in [4.78, 5) is 34.9. The maximum atomic E-state index is 13.9. The van der Waals surface area contributed by atoms with E-state index in [1.807, 2.05) is 79.7 Å². The second-order valence-corrected chi connectivity index (χ2v) is 10.8. The molecule has 6 nitrogen and oxygen atoms in total. The van der Waals surface area contributed by atoms with Crippen LogP contribution >= 0.6 is 11.8 Å². The van der Waals surface area contributed by atoms with Crippen LogP contribution < -0.4 is 14.5 Å². The molecule has 0 unspecified atom stereocenters. The number of para-hydroxylation sites is 2. The fraction of sp³-hybridized carbons (Fsp3) is 0.152. The summed E-state index contributed by atoms with van der Waals surface area (Å²) in [6, 6.07) is 34.9. The van der Waals surface area contributed by atoms with Gasteiger partial charge in [0.25, 0.3) is 11.8 Å². The van der Waals surface area contributed by atoms with Crippen LogP contribution in [0.2, 0.25) is 0 Å². The molecule has 40 heavy (non-hydrogen) atoms. The number of imide groups is 1. The Bertz CT molecular complexity index is 1530. The van der Waals surface area contributed by atoms with E-state index < -0.39 is 0 Å². The Balaban J connectivity index is 1.26. The minimum atomic E-state index is -0.298. The molecule has 4 aromatic carbocycles. The first-order valence-electron chi connectivity index (χ1n) is 13.3. The number of hydrogen-bond acceptors (Lipinski definition) is 6. The van der Waals surface area contributed by atoms with Crippen LogP contribution in [0.5, 0.6) is 11.5 Å². The molecule has 1 fully saturated rings. The van der Waals surface area contributed by atoms with Gasteiger partial charge in [0.15, 0.2) is 0 Å². The number of nitrogens with zero attached hydrogens (tertiary/aromatic N) is 3. The van der Waals surface area contributed by atoms with Crippen molar-refractivity contribution < 1.29 is 14.3 Å². The zero-order valence-electron chi connectivity index (χ0n) is 22.2.